The molecule has 0 unspecified atom stereocenters. The van der Waals surface area contributed by atoms with Gasteiger partial charge in [0, 0.05) is 19.7 Å². The van der Waals surface area contributed by atoms with E-state index in [0.717, 1.165) is 45.2 Å². The van der Waals surface area contributed by atoms with Crippen molar-refractivity contribution in [1.82, 2.24) is 4.90 Å². The van der Waals surface area contributed by atoms with Crippen molar-refractivity contribution in [2.45, 2.75) is 45.1 Å². The first kappa shape index (κ1) is 12.7. The van der Waals surface area contributed by atoms with Gasteiger partial charge in [0.2, 0.25) is 0 Å². The SMILES string of the molecule is CCCOC1(C=O)CCN(CCC)CC1. The number of carbonyl (C=O) groups is 1. The van der Waals surface area contributed by atoms with Gasteiger partial charge in [0.15, 0.2) is 6.29 Å². The fourth-order valence-corrected chi connectivity index (χ4v) is 2.07. The van der Waals surface area contributed by atoms with Crippen molar-refractivity contribution in [3.8, 4) is 0 Å². The maximum Gasteiger partial charge on any atom is 0.151 e. The first-order chi connectivity index (χ1) is 7.26. The quantitative estimate of drug-likeness (QED) is 0.631. The highest BCUT2D eigenvalue weighted by atomic mass is 16.5. The highest BCUT2D eigenvalue weighted by molar-refractivity contribution is 5.62. The predicted molar refractivity (Wildman–Crippen MR) is 61.0 cm³/mol. The maximum absolute atomic E-state index is 11.1. The Balaban J connectivity index is 2.39. The molecule has 1 saturated heterocycles. The Morgan fingerprint density at radius 3 is 2.40 bits per heavy atom. The molecule has 1 fully saturated rings. The van der Waals surface area contributed by atoms with Crippen molar-refractivity contribution in [2.24, 2.45) is 0 Å². The highest BCUT2D eigenvalue weighted by Gasteiger charge is 2.34. The van der Waals surface area contributed by atoms with Crippen LogP contribution in [0.4, 0.5) is 0 Å². The van der Waals surface area contributed by atoms with Gasteiger partial charge in [0.1, 0.15) is 5.60 Å². The fourth-order valence-electron chi connectivity index (χ4n) is 2.07. The van der Waals surface area contributed by atoms with Crippen molar-refractivity contribution in [3.05, 3.63) is 0 Å². The minimum absolute atomic E-state index is 0.472. The maximum atomic E-state index is 11.1. The van der Waals surface area contributed by atoms with E-state index in [2.05, 4.69) is 18.7 Å². The number of rotatable bonds is 6. The zero-order chi connectivity index (χ0) is 11.1. The Hall–Kier alpha value is -0.410. The second-order valence-corrected chi connectivity index (χ2v) is 4.37. The summed E-state index contributed by atoms with van der Waals surface area (Å²) in [7, 11) is 0. The normalized spacial score (nSPS) is 21.5. The van der Waals surface area contributed by atoms with Gasteiger partial charge in [-0.2, -0.15) is 0 Å². The van der Waals surface area contributed by atoms with Crippen LogP contribution in [0.15, 0.2) is 0 Å². The van der Waals surface area contributed by atoms with E-state index in [0.29, 0.717) is 6.61 Å². The van der Waals surface area contributed by atoms with Crippen LogP contribution in [0.3, 0.4) is 0 Å². The van der Waals surface area contributed by atoms with Gasteiger partial charge >= 0.3 is 0 Å². The number of aldehydes is 1. The van der Waals surface area contributed by atoms with Crippen molar-refractivity contribution in [1.29, 1.82) is 0 Å². The Morgan fingerprint density at radius 1 is 1.27 bits per heavy atom. The molecule has 15 heavy (non-hydrogen) atoms. The van der Waals surface area contributed by atoms with Gasteiger partial charge in [0.05, 0.1) is 0 Å². The smallest absolute Gasteiger partial charge is 0.151 e. The van der Waals surface area contributed by atoms with Crippen LogP contribution in [-0.2, 0) is 9.53 Å². The van der Waals surface area contributed by atoms with Gasteiger partial charge in [-0.05, 0) is 32.2 Å². The lowest BCUT2D eigenvalue weighted by Gasteiger charge is -2.37. The molecule has 88 valence electrons. The topological polar surface area (TPSA) is 29.5 Å². The number of piperidine rings is 1. The zero-order valence-electron chi connectivity index (χ0n) is 10.00. The summed E-state index contributed by atoms with van der Waals surface area (Å²) in [5.41, 5.74) is -0.472. The summed E-state index contributed by atoms with van der Waals surface area (Å²) in [5.74, 6) is 0. The van der Waals surface area contributed by atoms with Crippen LogP contribution in [0.1, 0.15) is 39.5 Å². The Labute approximate surface area is 92.8 Å². The molecule has 0 aromatic rings. The number of nitrogens with zero attached hydrogens (tertiary/aromatic N) is 1. The van der Waals surface area contributed by atoms with E-state index in [4.69, 9.17) is 4.74 Å². The summed E-state index contributed by atoms with van der Waals surface area (Å²) >= 11 is 0. The molecule has 0 aromatic heterocycles. The number of carbonyl (C=O) groups excluding carboxylic acids is 1. The number of hydrogen-bond donors (Lipinski definition) is 0. The molecule has 0 amide bonds. The van der Waals surface area contributed by atoms with Crippen LogP contribution >= 0.6 is 0 Å². The van der Waals surface area contributed by atoms with Crippen molar-refractivity contribution in [3.63, 3.8) is 0 Å². The third kappa shape index (κ3) is 3.58. The molecular weight excluding hydrogens is 190 g/mol. The molecule has 0 aromatic carbocycles. The largest absolute Gasteiger partial charge is 0.367 e. The van der Waals surface area contributed by atoms with Crippen LogP contribution in [0.5, 0.6) is 0 Å². The van der Waals surface area contributed by atoms with Gasteiger partial charge in [-0.1, -0.05) is 13.8 Å². The van der Waals surface area contributed by atoms with Gasteiger partial charge in [-0.25, -0.2) is 0 Å². The summed E-state index contributed by atoms with van der Waals surface area (Å²) in [6, 6.07) is 0. The van der Waals surface area contributed by atoms with Gasteiger partial charge in [-0.15, -0.1) is 0 Å². The van der Waals surface area contributed by atoms with E-state index >= 15 is 0 Å². The molecule has 1 heterocycles. The van der Waals surface area contributed by atoms with E-state index < -0.39 is 5.60 Å². The molecule has 1 aliphatic heterocycles. The van der Waals surface area contributed by atoms with Crippen LogP contribution in [0.25, 0.3) is 0 Å². The number of hydrogen-bond acceptors (Lipinski definition) is 3. The standard InChI is InChI=1S/C12H23NO2/c1-3-7-13-8-5-12(11-14,6-9-13)15-10-4-2/h11H,3-10H2,1-2H3. The summed E-state index contributed by atoms with van der Waals surface area (Å²) in [4.78, 5) is 13.5. The molecule has 3 heteroatoms. The predicted octanol–water partition coefficient (Wildman–Crippen LogP) is 1.86. The van der Waals surface area contributed by atoms with Crippen LogP contribution in [0.2, 0.25) is 0 Å². The van der Waals surface area contributed by atoms with Crippen LogP contribution < -0.4 is 0 Å². The molecule has 0 atom stereocenters. The Kier molecular flexibility index (Phi) is 5.26. The molecule has 0 aliphatic carbocycles. The monoisotopic (exact) mass is 213 g/mol. The number of likely N-dealkylation sites (tertiary alicyclic amines) is 1. The minimum atomic E-state index is -0.472. The highest BCUT2D eigenvalue weighted by Crippen LogP contribution is 2.24. The second kappa shape index (κ2) is 6.23. The third-order valence-electron chi connectivity index (χ3n) is 3.05. The molecule has 0 bridgehead atoms. The first-order valence-corrected chi connectivity index (χ1v) is 6.09. The summed E-state index contributed by atoms with van der Waals surface area (Å²) in [5, 5.41) is 0. The molecule has 0 saturated carbocycles. The van der Waals surface area contributed by atoms with Crippen LogP contribution in [0, 0.1) is 0 Å². The van der Waals surface area contributed by atoms with Crippen molar-refractivity contribution < 1.29 is 9.53 Å². The van der Waals surface area contributed by atoms with E-state index in [1.54, 1.807) is 0 Å². The van der Waals surface area contributed by atoms with Gasteiger partial charge < -0.3 is 14.4 Å². The van der Waals surface area contributed by atoms with Crippen molar-refractivity contribution >= 4 is 6.29 Å². The zero-order valence-corrected chi connectivity index (χ0v) is 10.00. The fraction of sp³-hybridized carbons (Fsp3) is 0.917. The molecule has 1 rings (SSSR count). The number of ether oxygens (including phenoxy) is 1. The molecule has 0 radical (unpaired) electrons. The minimum Gasteiger partial charge on any atom is -0.367 e. The first-order valence-electron chi connectivity index (χ1n) is 6.09. The molecular formula is C12H23NO2. The van der Waals surface area contributed by atoms with Gasteiger partial charge in [-0.3, -0.25) is 0 Å². The van der Waals surface area contributed by atoms with Crippen LogP contribution in [-0.4, -0.2) is 43.0 Å². The lowest BCUT2D eigenvalue weighted by molar-refractivity contribution is -0.138. The van der Waals surface area contributed by atoms with Gasteiger partial charge in [0.25, 0.3) is 0 Å². The average molecular weight is 213 g/mol. The van der Waals surface area contributed by atoms with E-state index in [-0.39, 0.29) is 0 Å². The second-order valence-electron chi connectivity index (χ2n) is 4.37. The van der Waals surface area contributed by atoms with Crippen molar-refractivity contribution in [2.75, 3.05) is 26.2 Å². The lowest BCUT2D eigenvalue weighted by Crippen LogP contribution is -2.47. The Morgan fingerprint density at radius 2 is 1.93 bits per heavy atom. The average Bonchev–Trinajstić information content (AvgIpc) is 2.29. The molecule has 3 nitrogen and oxygen atoms in total. The van der Waals surface area contributed by atoms with E-state index in [1.807, 2.05) is 0 Å². The summed E-state index contributed by atoms with van der Waals surface area (Å²) in [6.07, 6.45) is 4.90. The van der Waals surface area contributed by atoms with E-state index in [1.165, 1.54) is 6.42 Å². The summed E-state index contributed by atoms with van der Waals surface area (Å²) < 4.78 is 5.70. The third-order valence-corrected chi connectivity index (χ3v) is 3.05. The molecule has 0 N–H and O–H groups in total. The lowest BCUT2D eigenvalue weighted by atomic mass is 9.92. The van der Waals surface area contributed by atoms with E-state index in [9.17, 15) is 4.79 Å². The summed E-state index contributed by atoms with van der Waals surface area (Å²) in [6.45, 7) is 8.10. The molecule has 0 spiro atoms. The Bertz CT molecular complexity index is 186. The molecule has 1 aliphatic rings.